The van der Waals surface area contributed by atoms with Crippen LogP contribution in [0.3, 0.4) is 0 Å². The van der Waals surface area contributed by atoms with Gasteiger partial charge in [0.15, 0.2) is 0 Å². The monoisotopic (exact) mass is 180 g/mol. The molecule has 0 saturated heterocycles. The van der Waals surface area contributed by atoms with E-state index < -0.39 is 0 Å². The number of carbonyl (C=O) groups is 1. The highest BCUT2D eigenvalue weighted by Gasteiger charge is 1.93. The van der Waals surface area contributed by atoms with Gasteiger partial charge in [0.2, 0.25) is 0 Å². The van der Waals surface area contributed by atoms with E-state index in [0.717, 1.165) is 12.7 Å². The van der Waals surface area contributed by atoms with E-state index in [4.69, 9.17) is 9.84 Å². The van der Waals surface area contributed by atoms with Crippen LogP contribution in [0.2, 0.25) is 0 Å². The molecule has 0 bridgehead atoms. The number of carbonyl (C=O) groups excluding carboxylic acids is 1. The summed E-state index contributed by atoms with van der Waals surface area (Å²) in [6.45, 7) is 0.531. The maximum absolute atomic E-state index is 9.97. The van der Waals surface area contributed by atoms with Crippen LogP contribution in [-0.2, 0) is 4.79 Å². The van der Waals surface area contributed by atoms with Crippen molar-refractivity contribution in [3.8, 4) is 11.5 Å². The number of unbranched alkanes of at least 4 members (excludes halogenated alkanes) is 1. The lowest BCUT2D eigenvalue weighted by Gasteiger charge is -2.03. The standard InChI is InChI=1S/C10H12O3/c11-7-1-2-8-13-10-5-3-9(12)4-6-10/h3-7,12H,1-2,8H2. The van der Waals surface area contributed by atoms with Crippen molar-refractivity contribution in [1.82, 2.24) is 0 Å². The lowest BCUT2D eigenvalue weighted by atomic mass is 10.3. The van der Waals surface area contributed by atoms with Gasteiger partial charge in [0.05, 0.1) is 6.61 Å². The fourth-order valence-corrected chi connectivity index (χ4v) is 0.899. The van der Waals surface area contributed by atoms with Crippen LogP contribution in [0.1, 0.15) is 12.8 Å². The maximum Gasteiger partial charge on any atom is 0.120 e. The Balaban J connectivity index is 2.28. The van der Waals surface area contributed by atoms with Crippen LogP contribution >= 0.6 is 0 Å². The Bertz CT molecular complexity index is 253. The second-order valence-corrected chi connectivity index (χ2v) is 2.65. The minimum Gasteiger partial charge on any atom is -0.508 e. The summed E-state index contributed by atoms with van der Waals surface area (Å²) in [4.78, 5) is 9.97. The normalized spacial score (nSPS) is 9.54. The number of ether oxygens (including phenoxy) is 1. The average molecular weight is 180 g/mol. The lowest BCUT2D eigenvalue weighted by Crippen LogP contribution is -1.96. The average Bonchev–Trinajstić information content (AvgIpc) is 2.15. The number of benzene rings is 1. The van der Waals surface area contributed by atoms with Gasteiger partial charge in [0.25, 0.3) is 0 Å². The molecule has 1 aromatic rings. The number of aldehydes is 1. The summed E-state index contributed by atoms with van der Waals surface area (Å²) in [6.07, 6.45) is 2.13. The predicted molar refractivity (Wildman–Crippen MR) is 48.9 cm³/mol. The topological polar surface area (TPSA) is 46.5 Å². The molecule has 1 N–H and O–H groups in total. The molecule has 0 amide bonds. The Morgan fingerprint density at radius 3 is 2.62 bits per heavy atom. The van der Waals surface area contributed by atoms with Gasteiger partial charge in [-0.15, -0.1) is 0 Å². The Morgan fingerprint density at radius 1 is 1.31 bits per heavy atom. The van der Waals surface area contributed by atoms with Crippen LogP contribution in [0.15, 0.2) is 24.3 Å². The minimum atomic E-state index is 0.222. The van der Waals surface area contributed by atoms with Crippen LogP contribution in [0.5, 0.6) is 11.5 Å². The fourth-order valence-electron chi connectivity index (χ4n) is 0.899. The van der Waals surface area contributed by atoms with Gasteiger partial charge >= 0.3 is 0 Å². The smallest absolute Gasteiger partial charge is 0.120 e. The van der Waals surface area contributed by atoms with Gasteiger partial charge in [-0.25, -0.2) is 0 Å². The van der Waals surface area contributed by atoms with Crippen molar-refractivity contribution in [2.75, 3.05) is 6.61 Å². The summed E-state index contributed by atoms with van der Waals surface area (Å²) < 4.78 is 5.29. The lowest BCUT2D eigenvalue weighted by molar-refractivity contribution is -0.108. The molecule has 0 atom stereocenters. The molecular weight excluding hydrogens is 168 g/mol. The predicted octanol–water partition coefficient (Wildman–Crippen LogP) is 1.75. The highest BCUT2D eigenvalue weighted by Crippen LogP contribution is 2.15. The zero-order valence-corrected chi connectivity index (χ0v) is 7.27. The molecule has 0 saturated carbocycles. The molecule has 0 aliphatic heterocycles. The summed E-state index contributed by atoms with van der Waals surface area (Å²) in [7, 11) is 0. The Kier molecular flexibility index (Phi) is 3.82. The Morgan fingerprint density at radius 2 is 2.00 bits per heavy atom. The maximum atomic E-state index is 9.97. The van der Waals surface area contributed by atoms with Crippen LogP contribution in [-0.4, -0.2) is 18.0 Å². The summed E-state index contributed by atoms with van der Waals surface area (Å²) in [5.41, 5.74) is 0. The zero-order chi connectivity index (χ0) is 9.52. The minimum absolute atomic E-state index is 0.222. The molecule has 0 heterocycles. The van der Waals surface area contributed by atoms with Crippen LogP contribution in [0, 0.1) is 0 Å². The Labute approximate surface area is 77.0 Å². The van der Waals surface area contributed by atoms with Crippen molar-refractivity contribution in [2.45, 2.75) is 12.8 Å². The van der Waals surface area contributed by atoms with Gasteiger partial charge in [-0.1, -0.05) is 0 Å². The van der Waals surface area contributed by atoms with Gasteiger partial charge in [-0.05, 0) is 30.7 Å². The fraction of sp³-hybridized carbons (Fsp3) is 0.300. The van der Waals surface area contributed by atoms with Gasteiger partial charge in [0, 0.05) is 6.42 Å². The largest absolute Gasteiger partial charge is 0.508 e. The molecule has 0 unspecified atom stereocenters. The number of rotatable bonds is 5. The van der Waals surface area contributed by atoms with Gasteiger partial charge in [-0.2, -0.15) is 0 Å². The summed E-state index contributed by atoms with van der Waals surface area (Å²) >= 11 is 0. The molecule has 0 aliphatic carbocycles. The van der Waals surface area contributed by atoms with Gasteiger partial charge in [-0.3, -0.25) is 0 Å². The van der Waals surface area contributed by atoms with E-state index in [1.54, 1.807) is 24.3 Å². The Hall–Kier alpha value is -1.51. The first kappa shape index (κ1) is 9.58. The molecule has 3 heteroatoms. The van der Waals surface area contributed by atoms with Crippen molar-refractivity contribution in [2.24, 2.45) is 0 Å². The highest BCUT2D eigenvalue weighted by atomic mass is 16.5. The van der Waals surface area contributed by atoms with Crippen molar-refractivity contribution in [3.05, 3.63) is 24.3 Å². The third kappa shape index (κ3) is 3.60. The van der Waals surface area contributed by atoms with E-state index in [2.05, 4.69) is 0 Å². The van der Waals surface area contributed by atoms with Crippen LogP contribution < -0.4 is 4.74 Å². The third-order valence-corrected chi connectivity index (χ3v) is 1.57. The molecule has 1 aromatic carbocycles. The zero-order valence-electron chi connectivity index (χ0n) is 7.27. The number of phenolic OH excluding ortho intramolecular Hbond substituents is 1. The number of aromatic hydroxyl groups is 1. The number of hydrogen-bond acceptors (Lipinski definition) is 3. The van der Waals surface area contributed by atoms with Gasteiger partial charge in [0.1, 0.15) is 17.8 Å². The summed E-state index contributed by atoms with van der Waals surface area (Å²) in [5.74, 6) is 0.934. The third-order valence-electron chi connectivity index (χ3n) is 1.57. The molecule has 0 fully saturated rings. The van der Waals surface area contributed by atoms with E-state index in [1.807, 2.05) is 0 Å². The van der Waals surface area contributed by atoms with Crippen molar-refractivity contribution in [3.63, 3.8) is 0 Å². The molecule has 13 heavy (non-hydrogen) atoms. The summed E-state index contributed by atoms with van der Waals surface area (Å²) in [5, 5.41) is 8.96. The first-order chi connectivity index (χ1) is 6.33. The first-order valence-corrected chi connectivity index (χ1v) is 4.18. The molecule has 0 radical (unpaired) electrons. The van der Waals surface area contributed by atoms with E-state index >= 15 is 0 Å². The number of hydrogen-bond donors (Lipinski definition) is 1. The van der Waals surface area contributed by atoms with Crippen LogP contribution in [0.25, 0.3) is 0 Å². The SMILES string of the molecule is O=CCCCOc1ccc(O)cc1. The first-order valence-electron chi connectivity index (χ1n) is 4.18. The van der Waals surface area contributed by atoms with E-state index in [0.29, 0.717) is 18.8 Å². The molecule has 0 spiro atoms. The second kappa shape index (κ2) is 5.19. The summed E-state index contributed by atoms with van der Waals surface area (Å²) in [6, 6.07) is 6.51. The second-order valence-electron chi connectivity index (χ2n) is 2.65. The highest BCUT2D eigenvalue weighted by molar-refractivity contribution is 5.49. The van der Waals surface area contributed by atoms with Crippen molar-refractivity contribution < 1.29 is 14.6 Å². The van der Waals surface area contributed by atoms with E-state index in [1.165, 1.54) is 0 Å². The molecule has 70 valence electrons. The van der Waals surface area contributed by atoms with Crippen LogP contribution in [0.4, 0.5) is 0 Å². The van der Waals surface area contributed by atoms with Crippen molar-refractivity contribution in [1.29, 1.82) is 0 Å². The van der Waals surface area contributed by atoms with Crippen molar-refractivity contribution >= 4 is 6.29 Å². The van der Waals surface area contributed by atoms with Gasteiger partial charge < -0.3 is 14.6 Å². The van der Waals surface area contributed by atoms with E-state index in [-0.39, 0.29) is 5.75 Å². The molecule has 3 nitrogen and oxygen atoms in total. The molecular formula is C10H12O3. The number of phenols is 1. The molecule has 1 rings (SSSR count). The van der Waals surface area contributed by atoms with E-state index in [9.17, 15) is 4.79 Å². The molecule has 0 aromatic heterocycles. The quantitative estimate of drug-likeness (QED) is 0.554. The molecule has 0 aliphatic rings.